The molecule has 134 valence electrons. The third-order valence-electron chi connectivity index (χ3n) is 2.67. The largest absolute Gasteiger partial charge is 0.534 e. The first-order chi connectivity index (χ1) is 10.7. The summed E-state index contributed by atoms with van der Waals surface area (Å²) in [4.78, 5) is 0. The Hall–Kier alpha value is -1.96. The summed E-state index contributed by atoms with van der Waals surface area (Å²) in [6, 6.07) is 2.76. The number of hydrogen-bond donors (Lipinski definition) is 0. The van der Waals surface area contributed by atoms with E-state index in [-0.39, 0.29) is 9.36 Å². The minimum Gasteiger partial charge on any atom is -0.376 e. The number of rotatable bonds is 3. The lowest BCUT2D eigenvalue weighted by Crippen LogP contribution is -2.29. The maximum absolute atomic E-state index is 12.5. The minimum atomic E-state index is -5.97. The van der Waals surface area contributed by atoms with Crippen LogP contribution in [0.2, 0.25) is 0 Å². The van der Waals surface area contributed by atoms with Gasteiger partial charge in [0.1, 0.15) is 5.75 Å². The molecule has 1 aromatic carbocycles. The molecule has 0 aliphatic carbocycles. The monoisotopic (exact) mass is 397 g/mol. The molecule has 0 aliphatic heterocycles. The van der Waals surface area contributed by atoms with Gasteiger partial charge >= 0.3 is 31.2 Å². The van der Waals surface area contributed by atoms with Crippen LogP contribution in [0.3, 0.4) is 0 Å². The number of hydrogen-bond acceptors (Lipinski definition) is 5. The van der Waals surface area contributed by atoms with E-state index < -0.39 is 42.4 Å². The van der Waals surface area contributed by atoms with Gasteiger partial charge in [-0.15, -0.1) is 0 Å². The van der Waals surface area contributed by atoms with Gasteiger partial charge in [0.2, 0.25) is 0 Å². The summed E-state index contributed by atoms with van der Waals surface area (Å²) in [7, 11) is -11.7. The Morgan fingerprint density at radius 2 is 1.46 bits per heavy atom. The fraction of sp³-hybridized carbons (Fsp3) is 0.200. The van der Waals surface area contributed by atoms with Gasteiger partial charge in [-0.1, -0.05) is 0 Å². The molecule has 2 aromatic rings. The van der Waals surface area contributed by atoms with Crippen LogP contribution in [0.1, 0.15) is 0 Å². The summed E-state index contributed by atoms with van der Waals surface area (Å²) < 4.78 is 122. The Labute approximate surface area is 130 Å². The smallest absolute Gasteiger partial charge is 0.376 e. The molecule has 0 atom stereocenters. The number of nitrogens with zero attached hydrogens (tertiary/aromatic N) is 1. The lowest BCUT2D eigenvalue weighted by molar-refractivity contribution is -0.0500. The average molecular weight is 397 g/mol. The van der Waals surface area contributed by atoms with Crippen molar-refractivity contribution in [1.82, 2.24) is 3.97 Å². The molecule has 0 amide bonds. The van der Waals surface area contributed by atoms with Gasteiger partial charge in [0, 0.05) is 11.6 Å². The fourth-order valence-corrected chi connectivity index (χ4v) is 2.96. The fourth-order valence-electron chi connectivity index (χ4n) is 1.64. The molecule has 2 rings (SSSR count). The van der Waals surface area contributed by atoms with Crippen molar-refractivity contribution in [2.75, 3.05) is 0 Å². The second kappa shape index (κ2) is 5.27. The third-order valence-corrected chi connectivity index (χ3v) is 5.07. The molecule has 0 saturated carbocycles. The van der Waals surface area contributed by atoms with Crippen molar-refractivity contribution in [2.24, 2.45) is 0 Å². The predicted octanol–water partition coefficient (Wildman–Crippen LogP) is 2.57. The van der Waals surface area contributed by atoms with Gasteiger partial charge in [0.25, 0.3) is 0 Å². The first kappa shape index (κ1) is 18.4. The molecule has 0 spiro atoms. The Balaban J connectivity index is 2.51. The molecule has 0 fully saturated rings. The number of fused-ring (bicyclic) bond motifs is 1. The summed E-state index contributed by atoms with van der Waals surface area (Å²) in [6.45, 7) is 0. The van der Waals surface area contributed by atoms with E-state index in [2.05, 4.69) is 4.18 Å². The third kappa shape index (κ3) is 3.02. The van der Waals surface area contributed by atoms with Crippen molar-refractivity contribution < 1.29 is 47.4 Å². The molecule has 1 aromatic heterocycles. The van der Waals surface area contributed by atoms with E-state index >= 15 is 0 Å². The Morgan fingerprint density at radius 1 is 0.875 bits per heavy atom. The van der Waals surface area contributed by atoms with Crippen molar-refractivity contribution >= 4 is 31.0 Å². The highest BCUT2D eigenvalue weighted by Gasteiger charge is 2.49. The SMILES string of the molecule is O=S(=O)(Oc1ccc2c(ccn2S(=O)(=O)C(F)(F)F)c1)C(F)(F)F. The van der Waals surface area contributed by atoms with Crippen LogP contribution >= 0.6 is 0 Å². The topological polar surface area (TPSA) is 82.4 Å². The molecule has 0 unspecified atom stereocenters. The van der Waals surface area contributed by atoms with Crippen LogP contribution in [0.4, 0.5) is 26.3 Å². The van der Waals surface area contributed by atoms with Crippen LogP contribution < -0.4 is 4.18 Å². The van der Waals surface area contributed by atoms with E-state index in [9.17, 15) is 43.2 Å². The normalized spacial score (nSPS) is 14.1. The van der Waals surface area contributed by atoms with Gasteiger partial charge in [-0.3, -0.25) is 0 Å². The van der Waals surface area contributed by atoms with E-state index in [1.54, 1.807) is 0 Å². The highest BCUT2D eigenvalue weighted by molar-refractivity contribution is 7.91. The molecule has 0 bridgehead atoms. The lowest BCUT2D eigenvalue weighted by atomic mass is 10.2. The lowest BCUT2D eigenvalue weighted by Gasteiger charge is -2.11. The zero-order valence-electron chi connectivity index (χ0n) is 11.0. The second-order valence-electron chi connectivity index (χ2n) is 4.27. The Bertz CT molecular complexity index is 987. The van der Waals surface area contributed by atoms with E-state index in [1.165, 1.54) is 0 Å². The van der Waals surface area contributed by atoms with E-state index in [0.717, 1.165) is 6.07 Å². The van der Waals surface area contributed by atoms with Gasteiger partial charge in [-0.2, -0.15) is 43.2 Å². The van der Waals surface area contributed by atoms with Crippen LogP contribution in [0, 0.1) is 0 Å². The van der Waals surface area contributed by atoms with Gasteiger partial charge in [0.15, 0.2) is 0 Å². The molecule has 0 N–H and O–H groups in total. The number of alkyl halides is 6. The number of benzene rings is 1. The molecule has 1 heterocycles. The average Bonchev–Trinajstić information content (AvgIpc) is 2.78. The van der Waals surface area contributed by atoms with E-state index in [0.29, 0.717) is 24.4 Å². The number of aromatic nitrogens is 1. The van der Waals surface area contributed by atoms with Crippen molar-refractivity contribution in [3.63, 3.8) is 0 Å². The van der Waals surface area contributed by atoms with Crippen molar-refractivity contribution in [3.8, 4) is 5.75 Å². The molecule has 0 saturated heterocycles. The highest BCUT2D eigenvalue weighted by Crippen LogP contribution is 2.32. The van der Waals surface area contributed by atoms with Crippen LogP contribution in [0.5, 0.6) is 5.75 Å². The minimum absolute atomic E-state index is 0.135. The molecular weight excluding hydrogens is 392 g/mol. The summed E-state index contributed by atoms with van der Waals surface area (Å²) in [5, 5.41) is -0.280. The maximum atomic E-state index is 12.5. The molecule has 0 aliphatic rings. The molecule has 24 heavy (non-hydrogen) atoms. The molecule has 14 heteroatoms. The van der Waals surface area contributed by atoms with Gasteiger partial charge in [-0.25, -0.2) is 3.97 Å². The molecule has 6 nitrogen and oxygen atoms in total. The zero-order valence-corrected chi connectivity index (χ0v) is 12.6. The molecule has 0 radical (unpaired) electrons. The summed E-state index contributed by atoms with van der Waals surface area (Å²) >= 11 is 0. The van der Waals surface area contributed by atoms with Crippen LogP contribution in [0.15, 0.2) is 30.5 Å². The zero-order chi connectivity index (χ0) is 18.6. The van der Waals surface area contributed by atoms with Crippen molar-refractivity contribution in [1.29, 1.82) is 0 Å². The standard InChI is InChI=1S/C10H5F6NO5S2/c11-9(12,13)23(18,19)17-4-3-6-5-7(1-2-8(6)17)22-24(20,21)10(14,15)16/h1-5H. The second-order valence-corrected chi connectivity index (χ2v) is 7.61. The summed E-state index contributed by atoms with van der Waals surface area (Å²) in [5.74, 6) is -0.845. The Kier molecular flexibility index (Phi) is 4.04. The number of halogens is 6. The van der Waals surface area contributed by atoms with Gasteiger partial charge in [-0.05, 0) is 24.3 Å². The van der Waals surface area contributed by atoms with Gasteiger partial charge in [0.05, 0.1) is 5.52 Å². The van der Waals surface area contributed by atoms with E-state index in [1.807, 2.05) is 0 Å². The van der Waals surface area contributed by atoms with Gasteiger partial charge < -0.3 is 4.18 Å². The predicted molar refractivity (Wildman–Crippen MR) is 67.9 cm³/mol. The van der Waals surface area contributed by atoms with Crippen LogP contribution in [-0.2, 0) is 20.1 Å². The summed E-state index contributed by atoms with van der Waals surface area (Å²) in [6.07, 6.45) is 0.523. The highest BCUT2D eigenvalue weighted by atomic mass is 32.2. The first-order valence-corrected chi connectivity index (χ1v) is 8.45. The Morgan fingerprint density at radius 3 is 1.96 bits per heavy atom. The first-order valence-electron chi connectivity index (χ1n) is 5.60. The quantitative estimate of drug-likeness (QED) is 0.452. The van der Waals surface area contributed by atoms with Crippen molar-refractivity contribution in [3.05, 3.63) is 30.5 Å². The summed E-state index contributed by atoms with van der Waals surface area (Å²) in [5.41, 5.74) is -11.8. The maximum Gasteiger partial charge on any atom is 0.534 e. The van der Waals surface area contributed by atoms with Crippen molar-refractivity contribution in [2.45, 2.75) is 11.0 Å². The van der Waals surface area contributed by atoms with Crippen LogP contribution in [-0.4, -0.2) is 31.8 Å². The van der Waals surface area contributed by atoms with Crippen LogP contribution in [0.25, 0.3) is 10.9 Å². The molecular formula is C10H5F6NO5S2. The van der Waals surface area contributed by atoms with E-state index in [4.69, 9.17) is 0 Å².